The van der Waals surface area contributed by atoms with Gasteiger partial charge in [0.05, 0.1) is 12.9 Å². The molecule has 20 heteroatoms. The lowest BCUT2D eigenvalue weighted by Crippen LogP contribution is -2.22. The number of pyridine rings is 4. The summed E-state index contributed by atoms with van der Waals surface area (Å²) in [4.78, 5) is 16.2. The van der Waals surface area contributed by atoms with Gasteiger partial charge in [-0.15, -0.1) is 24.0 Å². The summed E-state index contributed by atoms with van der Waals surface area (Å²) in [6, 6.07) is 16.4. The Labute approximate surface area is 593 Å². The summed E-state index contributed by atoms with van der Waals surface area (Å²) in [6.07, 6.45) is 59.9. The van der Waals surface area contributed by atoms with Crippen LogP contribution in [0.15, 0.2) is 110 Å². The molecule has 528 valence electrons. The maximum atomic E-state index is 9.09. The highest BCUT2D eigenvalue weighted by Gasteiger charge is 2.14. The monoisotopic (exact) mass is 1500 g/mol. The van der Waals surface area contributed by atoms with Crippen molar-refractivity contribution in [3.05, 3.63) is 133 Å². The summed E-state index contributed by atoms with van der Waals surface area (Å²) >= 11 is 12.4. The van der Waals surface area contributed by atoms with Gasteiger partial charge >= 0.3 is 0 Å². The molecule has 0 spiro atoms. The lowest BCUT2D eigenvalue weighted by atomic mass is 10.1. The molecule has 4 aromatic rings. The molecule has 3 aliphatic rings. The molecule has 4 aromatic heterocycles. The maximum Gasteiger partial charge on any atom is 0.211 e. The van der Waals surface area contributed by atoms with Crippen LogP contribution in [0.3, 0.4) is 0 Å². The van der Waals surface area contributed by atoms with Gasteiger partial charge in [0.25, 0.3) is 0 Å². The fraction of sp³-hybridized carbons (Fsp3) is 0.690. The highest BCUT2D eigenvalue weighted by molar-refractivity contribution is 9.09. The first-order chi connectivity index (χ1) is 43.8. The van der Waals surface area contributed by atoms with E-state index in [1.54, 1.807) is 12.5 Å². The van der Waals surface area contributed by atoms with Crippen LogP contribution in [0, 0.1) is 6.92 Å². The molecule has 91 heavy (non-hydrogen) atoms. The Bertz CT molecular complexity index is 1920. The average molecular weight is 1510 g/mol. The molecule has 7 rings (SSSR count). The first kappa shape index (κ1) is 95.5. The molecular formula is C71H122Br2Cl4N4O9S. The predicted molar refractivity (Wildman–Crippen MR) is 397 cm³/mol. The van der Waals surface area contributed by atoms with Crippen molar-refractivity contribution in [3.63, 3.8) is 0 Å². The van der Waals surface area contributed by atoms with E-state index in [0.29, 0.717) is 13.2 Å². The second-order valence-corrected chi connectivity index (χ2v) is 25.9. The Morgan fingerprint density at radius 3 is 1.14 bits per heavy atom. The van der Waals surface area contributed by atoms with Crippen molar-refractivity contribution in [1.82, 2.24) is 19.9 Å². The Kier molecular flexibility index (Phi) is 86.5. The van der Waals surface area contributed by atoms with Crippen molar-refractivity contribution in [2.24, 2.45) is 0 Å². The SMILES string of the molecule is BrCCCCCCOC1CCCCO1.C.C1=COCCC1.CO.Cc1cccnc1.Cl.ClCCCCCCCc1cccnc1.O=S(Cl)Cl.OCCCCCCBr.OCCCCCCCc1cccnc1.c1cncc(CCCCCCCOC2CCCCO2)c1. The molecule has 2 fully saturated rings. The van der Waals surface area contributed by atoms with Gasteiger partial charge in [-0.3, -0.25) is 19.9 Å². The van der Waals surface area contributed by atoms with E-state index < -0.39 is 9.23 Å². The lowest BCUT2D eigenvalue weighted by molar-refractivity contribution is -0.163. The minimum Gasteiger partial charge on any atom is -0.502 e. The van der Waals surface area contributed by atoms with Crippen molar-refractivity contribution in [2.45, 2.75) is 245 Å². The topological polar surface area (TPSA) is 175 Å². The van der Waals surface area contributed by atoms with Gasteiger partial charge in [-0.1, -0.05) is 147 Å². The van der Waals surface area contributed by atoms with Crippen molar-refractivity contribution in [2.75, 3.05) is 69.9 Å². The standard InChI is InChI=1S/C17H27NO2.C12H18ClN.C12H19NO.C11H21BrO2.C6H13BrO.C6H7N.C5H8O.CH4O.CH4.Cl2OS.ClH/c1(2-4-9-16-10-8-12-18-15-16)3-6-13-19-17-11-5-7-14-20-17;13-9-5-3-1-2-4-7-12-8-6-10-14-11-12;14-10-5-3-1-2-4-7-12-8-6-9-13-11-12;12-8-4-1-2-5-9-13-11-7-3-6-10-14-11;7-5-3-1-2-4-6-8;1-6-3-2-4-7-5-6;1-2-4-6-5-3-1;1-2;;1-4(2)3;/h8,10,12,15,17H,1-7,9,11,13-14H2;6,8,10-11H,1-5,7,9H2;6,8-9,11,14H,1-5,7,10H2;11H,1-10H2;8H,1-6H2;2-5H,1H3;2,4H,1,3,5H2;2H,1H3;1H4;;1H. The van der Waals surface area contributed by atoms with Crippen LogP contribution in [0.5, 0.6) is 0 Å². The minimum atomic E-state index is -1.67. The fourth-order valence-electron chi connectivity index (χ4n) is 8.69. The summed E-state index contributed by atoms with van der Waals surface area (Å²) in [5.41, 5.74) is 5.24. The van der Waals surface area contributed by atoms with E-state index in [4.69, 9.17) is 54.8 Å². The first-order valence-electron chi connectivity index (χ1n) is 33.1. The van der Waals surface area contributed by atoms with Crippen molar-refractivity contribution < 1.29 is 43.2 Å². The second kappa shape index (κ2) is 82.4. The van der Waals surface area contributed by atoms with E-state index in [9.17, 15) is 0 Å². The largest absolute Gasteiger partial charge is 0.502 e. The van der Waals surface area contributed by atoms with Gasteiger partial charge in [0.2, 0.25) is 9.23 Å². The molecule has 0 aromatic carbocycles. The number of nitrogens with zero attached hydrogens (tertiary/aromatic N) is 4. The third-order valence-corrected chi connectivity index (χ3v) is 15.0. The molecule has 0 saturated carbocycles. The number of hydrogen-bond acceptors (Lipinski definition) is 13. The zero-order chi connectivity index (χ0) is 65.2. The minimum absolute atomic E-state index is 0. The number of aliphatic hydroxyl groups is 3. The molecule has 13 nitrogen and oxygen atoms in total. The second-order valence-electron chi connectivity index (χ2n) is 21.4. The summed E-state index contributed by atoms with van der Waals surface area (Å²) in [7, 11) is 8.36. The number of halogens is 6. The number of unbranched alkanes of at least 4 members (excludes halogenated alkanes) is 18. The van der Waals surface area contributed by atoms with Gasteiger partial charge in [-0.05, 0) is 194 Å². The Hall–Kier alpha value is -1.87. The summed E-state index contributed by atoms with van der Waals surface area (Å²) in [5.74, 6) is 0.808. The zero-order valence-electron chi connectivity index (χ0n) is 54.9. The average Bonchev–Trinajstić information content (AvgIpc) is 3.62. The third-order valence-electron chi connectivity index (χ3n) is 13.6. The maximum absolute atomic E-state index is 9.09. The number of aryl methyl sites for hydroxylation is 4. The van der Waals surface area contributed by atoms with Gasteiger partial charge in [-0.2, -0.15) is 0 Å². The number of allylic oxidation sites excluding steroid dienone is 1. The van der Waals surface area contributed by atoms with E-state index in [2.05, 4.69) is 91.4 Å². The molecule has 0 aliphatic carbocycles. The van der Waals surface area contributed by atoms with E-state index in [1.165, 1.54) is 176 Å². The van der Waals surface area contributed by atoms with Gasteiger partial charge < -0.3 is 39.0 Å². The highest BCUT2D eigenvalue weighted by atomic mass is 79.9. The van der Waals surface area contributed by atoms with Crippen LogP contribution in [0.25, 0.3) is 0 Å². The van der Waals surface area contributed by atoms with E-state index >= 15 is 0 Å². The molecule has 0 radical (unpaired) electrons. The number of aromatic nitrogens is 4. The summed E-state index contributed by atoms with van der Waals surface area (Å²) in [5, 5.41) is 26.2. The van der Waals surface area contributed by atoms with Crippen LogP contribution < -0.4 is 0 Å². The van der Waals surface area contributed by atoms with E-state index in [1.807, 2.05) is 86.7 Å². The van der Waals surface area contributed by atoms with Gasteiger partial charge in [0.1, 0.15) is 0 Å². The van der Waals surface area contributed by atoms with Crippen molar-refractivity contribution >= 4 is 86.5 Å². The van der Waals surface area contributed by atoms with Crippen molar-refractivity contribution in [1.29, 1.82) is 0 Å². The van der Waals surface area contributed by atoms with Crippen LogP contribution in [-0.2, 0) is 52.2 Å². The predicted octanol–water partition coefficient (Wildman–Crippen LogP) is 20.3. The van der Waals surface area contributed by atoms with Crippen LogP contribution in [0.2, 0.25) is 0 Å². The molecular weight excluding hydrogens is 1390 g/mol. The smallest absolute Gasteiger partial charge is 0.211 e. The molecule has 2 atom stereocenters. The Morgan fingerprint density at radius 1 is 0.516 bits per heavy atom. The molecule has 2 unspecified atom stereocenters. The quantitative estimate of drug-likeness (QED) is 0.0226. The number of aliphatic hydroxyl groups excluding tert-OH is 3. The Morgan fingerprint density at radius 2 is 0.879 bits per heavy atom. The van der Waals surface area contributed by atoms with Crippen molar-refractivity contribution in [3.8, 4) is 0 Å². The lowest BCUT2D eigenvalue weighted by Gasteiger charge is -2.22. The van der Waals surface area contributed by atoms with Crippen LogP contribution >= 0.6 is 77.2 Å². The van der Waals surface area contributed by atoms with Gasteiger partial charge in [-0.25, -0.2) is 4.21 Å². The highest BCUT2D eigenvalue weighted by Crippen LogP contribution is 2.17. The normalized spacial score (nSPS) is 14.1. The van der Waals surface area contributed by atoms with E-state index in [-0.39, 0.29) is 32.4 Å². The fourth-order valence-corrected chi connectivity index (χ4v) is 9.67. The van der Waals surface area contributed by atoms with Crippen LogP contribution in [0.1, 0.15) is 229 Å². The van der Waals surface area contributed by atoms with Crippen LogP contribution in [-0.4, -0.2) is 122 Å². The molecule has 2 saturated heterocycles. The molecule has 0 bridgehead atoms. The molecule has 7 heterocycles. The molecule has 3 N–H and O–H groups in total. The number of rotatable bonds is 35. The van der Waals surface area contributed by atoms with Gasteiger partial charge in [0, 0.05) is 134 Å². The zero-order valence-corrected chi connectivity index (χ0v) is 62.0. The first-order valence-corrected chi connectivity index (χ1v) is 38.7. The third kappa shape index (κ3) is 77.0. The molecule has 3 aliphatic heterocycles. The van der Waals surface area contributed by atoms with E-state index in [0.717, 1.165) is 121 Å². The Balaban J connectivity index is -0.000000489. The molecule has 0 amide bonds. The number of alkyl halides is 3. The number of hydrogen-bond donors (Lipinski definition) is 3. The van der Waals surface area contributed by atoms with Gasteiger partial charge in [0.15, 0.2) is 12.6 Å². The summed E-state index contributed by atoms with van der Waals surface area (Å²) < 4.78 is 36.4. The number of ether oxygens (including phenoxy) is 5. The van der Waals surface area contributed by atoms with Crippen LogP contribution in [0.4, 0.5) is 0 Å². The summed E-state index contributed by atoms with van der Waals surface area (Å²) in [6.45, 7) is 7.10.